The van der Waals surface area contributed by atoms with E-state index in [1.807, 2.05) is 0 Å². The molecule has 0 aliphatic carbocycles. The molecule has 3 unspecified atom stereocenters. The molecule has 0 aliphatic rings. The maximum atomic E-state index is 4.08. The summed E-state index contributed by atoms with van der Waals surface area (Å²) in [7, 11) is 0. The van der Waals surface area contributed by atoms with Crippen molar-refractivity contribution in [1.29, 1.82) is 0 Å². The lowest BCUT2D eigenvalue weighted by Crippen LogP contribution is -2.16. The molecule has 0 bridgehead atoms. The van der Waals surface area contributed by atoms with E-state index in [0.717, 1.165) is 11.8 Å². The quantitative estimate of drug-likeness (QED) is 0.562. The third kappa shape index (κ3) is 2.72. The molecule has 0 fully saturated rings. The highest BCUT2D eigenvalue weighted by molar-refractivity contribution is 4.71. The minimum absolute atomic E-state index is 0.611. The maximum Gasteiger partial charge on any atom is -0.0365 e. The standard InChI is InChI=1S/C10H21/c1-6-9(5)10(7-2)8(3)4/h8-10H,3,6-7H2,1-2,4-5H3. The molecule has 0 saturated carbocycles. The topological polar surface area (TPSA) is 0 Å². The van der Waals surface area contributed by atoms with Gasteiger partial charge in [-0.15, -0.1) is 0 Å². The average Bonchev–Trinajstić information content (AvgIpc) is 1.88. The molecule has 0 heteroatoms. The van der Waals surface area contributed by atoms with Gasteiger partial charge in [0, 0.05) is 0 Å². The molecule has 0 rings (SSSR count). The van der Waals surface area contributed by atoms with E-state index >= 15 is 0 Å². The molecule has 10 heavy (non-hydrogen) atoms. The van der Waals surface area contributed by atoms with Crippen LogP contribution in [0.5, 0.6) is 0 Å². The van der Waals surface area contributed by atoms with Gasteiger partial charge in [0.25, 0.3) is 0 Å². The molecule has 3 atom stereocenters. The van der Waals surface area contributed by atoms with Gasteiger partial charge in [-0.3, -0.25) is 0 Å². The van der Waals surface area contributed by atoms with Gasteiger partial charge in [-0.05, 0) is 17.8 Å². The van der Waals surface area contributed by atoms with Crippen LogP contribution in [-0.4, -0.2) is 0 Å². The Morgan fingerprint density at radius 1 is 1.10 bits per heavy atom. The Kier molecular flexibility index (Phi) is 4.76. The van der Waals surface area contributed by atoms with Crippen LogP contribution < -0.4 is 0 Å². The number of rotatable bonds is 4. The van der Waals surface area contributed by atoms with E-state index in [1.165, 1.54) is 12.8 Å². The van der Waals surface area contributed by atoms with Gasteiger partial charge in [-0.1, -0.05) is 47.5 Å². The normalized spacial score (nSPS) is 17.4. The monoisotopic (exact) mass is 141 g/mol. The molecule has 0 saturated heterocycles. The van der Waals surface area contributed by atoms with Crippen LogP contribution in [-0.2, 0) is 0 Å². The van der Waals surface area contributed by atoms with E-state index in [1.54, 1.807) is 0 Å². The average molecular weight is 141 g/mol. The fourth-order valence-electron chi connectivity index (χ4n) is 1.67. The Bertz CT molecular complexity index is 74.1. The van der Waals surface area contributed by atoms with E-state index in [0.29, 0.717) is 5.92 Å². The second-order valence-corrected chi connectivity index (χ2v) is 3.43. The van der Waals surface area contributed by atoms with E-state index < -0.39 is 0 Å². The third-order valence-electron chi connectivity index (χ3n) is 2.58. The Morgan fingerprint density at radius 2 is 1.60 bits per heavy atom. The van der Waals surface area contributed by atoms with Crippen LogP contribution in [0.4, 0.5) is 0 Å². The Hall–Kier alpha value is 0. The van der Waals surface area contributed by atoms with Gasteiger partial charge >= 0.3 is 0 Å². The van der Waals surface area contributed by atoms with Crippen LogP contribution in [0.25, 0.3) is 0 Å². The minimum Gasteiger partial charge on any atom is -0.0651 e. The molecule has 0 aromatic carbocycles. The highest BCUT2D eigenvalue weighted by atomic mass is 14.2. The summed E-state index contributed by atoms with van der Waals surface area (Å²) in [6.45, 7) is 13.2. The third-order valence-corrected chi connectivity index (χ3v) is 2.58. The lowest BCUT2D eigenvalue weighted by atomic mass is 9.81. The summed E-state index contributed by atoms with van der Waals surface area (Å²) in [6, 6.07) is 0. The zero-order valence-corrected chi connectivity index (χ0v) is 7.85. The van der Waals surface area contributed by atoms with Crippen molar-refractivity contribution in [1.82, 2.24) is 0 Å². The van der Waals surface area contributed by atoms with Gasteiger partial charge in [0.1, 0.15) is 0 Å². The molecule has 0 aromatic rings. The molecular formula is C10H21. The van der Waals surface area contributed by atoms with E-state index in [2.05, 4.69) is 34.6 Å². The van der Waals surface area contributed by atoms with Crippen molar-refractivity contribution >= 4 is 0 Å². The summed E-state index contributed by atoms with van der Waals surface area (Å²) in [6.07, 6.45) is 2.57. The summed E-state index contributed by atoms with van der Waals surface area (Å²) in [5.74, 6) is 2.28. The Morgan fingerprint density at radius 3 is 1.70 bits per heavy atom. The maximum absolute atomic E-state index is 4.08. The SMILES string of the molecule is [CH2]C(C)C(CC)C(C)CC. The second-order valence-electron chi connectivity index (χ2n) is 3.43. The summed E-state index contributed by atoms with van der Waals surface area (Å²) in [5.41, 5.74) is 0. The molecule has 0 amide bonds. The van der Waals surface area contributed by atoms with Crippen molar-refractivity contribution in [3.05, 3.63) is 6.92 Å². The molecule has 61 valence electrons. The van der Waals surface area contributed by atoms with Gasteiger partial charge in [0.15, 0.2) is 0 Å². The van der Waals surface area contributed by atoms with Gasteiger partial charge in [-0.2, -0.15) is 0 Å². The fourth-order valence-corrected chi connectivity index (χ4v) is 1.67. The highest BCUT2D eigenvalue weighted by Gasteiger charge is 2.16. The first-order chi connectivity index (χ1) is 4.63. The van der Waals surface area contributed by atoms with Gasteiger partial charge in [0.05, 0.1) is 0 Å². The van der Waals surface area contributed by atoms with E-state index in [-0.39, 0.29) is 0 Å². The predicted molar refractivity (Wildman–Crippen MR) is 47.8 cm³/mol. The van der Waals surface area contributed by atoms with Crippen LogP contribution in [0.15, 0.2) is 0 Å². The first-order valence-corrected chi connectivity index (χ1v) is 4.46. The second kappa shape index (κ2) is 4.76. The van der Waals surface area contributed by atoms with Crippen molar-refractivity contribution in [2.75, 3.05) is 0 Å². The number of hydrogen-bond donors (Lipinski definition) is 0. The smallest absolute Gasteiger partial charge is 0.0365 e. The molecule has 0 aromatic heterocycles. The van der Waals surface area contributed by atoms with E-state index in [9.17, 15) is 0 Å². The summed E-state index contributed by atoms with van der Waals surface area (Å²) >= 11 is 0. The van der Waals surface area contributed by atoms with Crippen LogP contribution in [0, 0.1) is 24.7 Å². The first kappa shape index (κ1) is 10.0. The predicted octanol–water partition coefficient (Wildman–Crippen LogP) is 3.53. The molecule has 0 aliphatic heterocycles. The van der Waals surface area contributed by atoms with Crippen molar-refractivity contribution < 1.29 is 0 Å². The van der Waals surface area contributed by atoms with Crippen molar-refractivity contribution in [3.8, 4) is 0 Å². The Balaban J connectivity index is 3.80. The van der Waals surface area contributed by atoms with Gasteiger partial charge in [0.2, 0.25) is 0 Å². The fraction of sp³-hybridized carbons (Fsp3) is 0.900. The van der Waals surface area contributed by atoms with Crippen molar-refractivity contribution in [2.24, 2.45) is 17.8 Å². The molecule has 1 radical (unpaired) electrons. The van der Waals surface area contributed by atoms with Crippen LogP contribution in [0.1, 0.15) is 40.5 Å². The van der Waals surface area contributed by atoms with Crippen LogP contribution in [0.3, 0.4) is 0 Å². The van der Waals surface area contributed by atoms with Gasteiger partial charge < -0.3 is 0 Å². The van der Waals surface area contributed by atoms with E-state index in [4.69, 9.17) is 0 Å². The van der Waals surface area contributed by atoms with Crippen LogP contribution in [0.2, 0.25) is 0 Å². The Labute approximate surface area is 66.0 Å². The highest BCUT2D eigenvalue weighted by Crippen LogP contribution is 2.25. The lowest BCUT2D eigenvalue weighted by molar-refractivity contribution is 0.275. The largest absolute Gasteiger partial charge is 0.0651 e. The molecule has 0 nitrogen and oxygen atoms in total. The summed E-state index contributed by atoms with van der Waals surface area (Å²) < 4.78 is 0. The summed E-state index contributed by atoms with van der Waals surface area (Å²) in [5, 5.41) is 0. The molecule has 0 heterocycles. The minimum atomic E-state index is 0.611. The van der Waals surface area contributed by atoms with Crippen molar-refractivity contribution in [3.63, 3.8) is 0 Å². The van der Waals surface area contributed by atoms with Gasteiger partial charge in [-0.25, -0.2) is 0 Å². The molecule has 0 spiro atoms. The summed E-state index contributed by atoms with van der Waals surface area (Å²) in [4.78, 5) is 0. The molecular weight excluding hydrogens is 120 g/mol. The number of hydrogen-bond acceptors (Lipinski definition) is 0. The van der Waals surface area contributed by atoms with Crippen LogP contribution >= 0.6 is 0 Å². The zero-order chi connectivity index (χ0) is 8.15. The first-order valence-electron chi connectivity index (χ1n) is 4.46. The lowest BCUT2D eigenvalue weighted by Gasteiger charge is -2.24. The van der Waals surface area contributed by atoms with Crippen molar-refractivity contribution in [2.45, 2.75) is 40.5 Å². The molecule has 0 N–H and O–H groups in total. The zero-order valence-electron chi connectivity index (χ0n) is 7.85.